The number of aryl methyl sites for hydroxylation is 1. The van der Waals surface area contributed by atoms with Crippen LogP contribution in [0.2, 0.25) is 0 Å². The van der Waals surface area contributed by atoms with Gasteiger partial charge in [-0.25, -0.2) is 9.18 Å². The number of carbonyl (C=O) groups is 2. The number of aromatic nitrogens is 2. The van der Waals surface area contributed by atoms with Gasteiger partial charge in [0.25, 0.3) is 5.91 Å². The molecule has 7 nitrogen and oxygen atoms in total. The van der Waals surface area contributed by atoms with Crippen LogP contribution in [0.25, 0.3) is 11.4 Å². The lowest BCUT2D eigenvalue weighted by molar-refractivity contribution is -0.132. The van der Waals surface area contributed by atoms with Gasteiger partial charge in [-0.1, -0.05) is 5.16 Å². The number of nitrogens with one attached hydrogen (secondary N) is 1. The number of fused-ring (bicyclic) bond motifs is 2. The second-order valence-corrected chi connectivity index (χ2v) is 7.86. The molecule has 142 valence electrons. The number of amides is 3. The Hall–Kier alpha value is -3.07. The average molecular weight is 398 g/mol. The van der Waals surface area contributed by atoms with Crippen molar-refractivity contribution >= 4 is 23.3 Å². The van der Waals surface area contributed by atoms with Gasteiger partial charge in [0.1, 0.15) is 17.9 Å². The SMILES string of the molecule is O=C1N[C@]2(CCCc3sccc32)C(=O)N1Cc1nc(-c2ccc(F)cc2)no1. The Balaban J connectivity index is 1.41. The van der Waals surface area contributed by atoms with Gasteiger partial charge in [-0.2, -0.15) is 4.98 Å². The van der Waals surface area contributed by atoms with Crippen LogP contribution in [-0.4, -0.2) is 27.0 Å². The van der Waals surface area contributed by atoms with Crippen molar-refractivity contribution in [1.29, 1.82) is 0 Å². The molecule has 3 heterocycles. The lowest BCUT2D eigenvalue weighted by Gasteiger charge is -2.31. The van der Waals surface area contributed by atoms with Crippen LogP contribution < -0.4 is 5.32 Å². The highest BCUT2D eigenvalue weighted by atomic mass is 32.1. The molecule has 2 aliphatic rings. The highest BCUT2D eigenvalue weighted by molar-refractivity contribution is 7.10. The van der Waals surface area contributed by atoms with E-state index < -0.39 is 11.6 Å². The molecule has 3 amide bonds. The van der Waals surface area contributed by atoms with Crippen LogP contribution in [0.3, 0.4) is 0 Å². The zero-order chi connectivity index (χ0) is 19.3. The topological polar surface area (TPSA) is 88.3 Å². The first-order valence-corrected chi connectivity index (χ1v) is 9.74. The van der Waals surface area contributed by atoms with Gasteiger partial charge < -0.3 is 9.84 Å². The van der Waals surface area contributed by atoms with Gasteiger partial charge >= 0.3 is 6.03 Å². The Labute approximate surface area is 163 Å². The van der Waals surface area contributed by atoms with Crippen LogP contribution in [0.1, 0.15) is 29.2 Å². The fraction of sp³-hybridized carbons (Fsp3) is 0.263. The molecule has 0 saturated carbocycles. The third-order valence-electron chi connectivity index (χ3n) is 5.20. The molecule has 9 heteroatoms. The van der Waals surface area contributed by atoms with Gasteiger partial charge in [0.2, 0.25) is 11.7 Å². The molecule has 1 atom stereocenters. The van der Waals surface area contributed by atoms with Crippen molar-refractivity contribution in [3.63, 3.8) is 0 Å². The number of carbonyl (C=O) groups excluding carboxylic acids is 2. The van der Waals surface area contributed by atoms with Crippen LogP contribution in [-0.2, 0) is 23.3 Å². The minimum atomic E-state index is -0.996. The van der Waals surface area contributed by atoms with Gasteiger partial charge in [-0.05, 0) is 55.0 Å². The summed E-state index contributed by atoms with van der Waals surface area (Å²) in [5.41, 5.74) is 0.479. The zero-order valence-electron chi connectivity index (χ0n) is 14.6. The molecule has 1 saturated heterocycles. The standard InChI is InChI=1S/C19H15FN4O3S/c20-12-5-3-11(4-6-12)16-21-15(27-23-16)10-24-17(25)19(22-18(24)26)8-1-2-14-13(19)7-9-28-14/h3-7,9H,1-2,8,10H2,(H,22,26)/t19-/m0/s1. The maximum absolute atomic E-state index is 13.2. The van der Waals surface area contributed by atoms with E-state index in [1.165, 1.54) is 24.3 Å². The number of urea groups is 1. The minimum absolute atomic E-state index is 0.111. The molecule has 1 aromatic carbocycles. The van der Waals surface area contributed by atoms with E-state index in [0.29, 0.717) is 12.0 Å². The average Bonchev–Trinajstić information content (AvgIpc) is 3.40. The molecule has 2 aromatic heterocycles. The first-order valence-electron chi connectivity index (χ1n) is 8.86. The molecule has 1 N–H and O–H groups in total. The van der Waals surface area contributed by atoms with E-state index in [9.17, 15) is 14.0 Å². The minimum Gasteiger partial charge on any atom is -0.337 e. The smallest absolute Gasteiger partial charge is 0.325 e. The monoisotopic (exact) mass is 398 g/mol. The molecule has 0 bridgehead atoms. The number of hydrogen-bond donors (Lipinski definition) is 1. The fourth-order valence-electron chi connectivity index (χ4n) is 3.86. The quantitative estimate of drug-likeness (QED) is 0.685. The highest BCUT2D eigenvalue weighted by Gasteiger charge is 2.54. The summed E-state index contributed by atoms with van der Waals surface area (Å²) in [6, 6.07) is 7.12. The summed E-state index contributed by atoms with van der Waals surface area (Å²) in [4.78, 5) is 32.3. The van der Waals surface area contributed by atoms with Gasteiger partial charge in [0, 0.05) is 16.0 Å². The predicted molar refractivity (Wildman–Crippen MR) is 97.7 cm³/mol. The molecule has 0 unspecified atom stereocenters. The normalized spacial score (nSPS) is 21.2. The maximum Gasteiger partial charge on any atom is 0.325 e. The lowest BCUT2D eigenvalue weighted by atomic mass is 9.80. The summed E-state index contributed by atoms with van der Waals surface area (Å²) < 4.78 is 18.3. The third kappa shape index (κ3) is 2.54. The van der Waals surface area contributed by atoms with E-state index in [4.69, 9.17) is 4.52 Å². The summed E-state index contributed by atoms with van der Waals surface area (Å²) in [5, 5.41) is 8.70. The van der Waals surface area contributed by atoms with Gasteiger partial charge in [0.15, 0.2) is 0 Å². The summed E-state index contributed by atoms with van der Waals surface area (Å²) in [6.07, 6.45) is 2.33. The van der Waals surface area contributed by atoms with Gasteiger partial charge in [-0.3, -0.25) is 9.69 Å². The molecule has 1 aliphatic carbocycles. The number of imide groups is 1. The number of nitrogens with zero attached hydrogens (tertiary/aromatic N) is 3. The molecule has 3 aromatic rings. The van der Waals surface area contributed by atoms with Crippen molar-refractivity contribution < 1.29 is 18.5 Å². The number of rotatable bonds is 3. The van der Waals surface area contributed by atoms with Crippen LogP contribution in [0.4, 0.5) is 9.18 Å². The number of benzene rings is 1. The molecule has 1 spiro atoms. The van der Waals surface area contributed by atoms with E-state index in [1.54, 1.807) is 11.3 Å². The number of halogens is 1. The van der Waals surface area contributed by atoms with E-state index in [-0.39, 0.29) is 30.0 Å². The van der Waals surface area contributed by atoms with Crippen molar-refractivity contribution in [3.8, 4) is 11.4 Å². The number of thiophene rings is 1. The molecular weight excluding hydrogens is 383 g/mol. The Kier molecular flexibility index (Phi) is 3.80. The molecule has 1 aliphatic heterocycles. The second kappa shape index (κ2) is 6.23. The van der Waals surface area contributed by atoms with Crippen molar-refractivity contribution in [2.45, 2.75) is 31.3 Å². The number of hydrogen-bond acceptors (Lipinski definition) is 6. The first-order chi connectivity index (χ1) is 13.6. The second-order valence-electron chi connectivity index (χ2n) is 6.86. The Bertz CT molecular complexity index is 1080. The largest absolute Gasteiger partial charge is 0.337 e. The molecule has 5 rings (SSSR count). The first kappa shape index (κ1) is 17.1. The highest BCUT2D eigenvalue weighted by Crippen LogP contribution is 2.42. The molecule has 28 heavy (non-hydrogen) atoms. The summed E-state index contributed by atoms with van der Waals surface area (Å²) in [7, 11) is 0. The lowest BCUT2D eigenvalue weighted by Crippen LogP contribution is -2.46. The molecule has 1 fully saturated rings. The third-order valence-corrected chi connectivity index (χ3v) is 6.18. The van der Waals surface area contributed by atoms with Crippen molar-refractivity contribution in [2.24, 2.45) is 0 Å². The molecular formula is C19H15FN4O3S. The zero-order valence-corrected chi connectivity index (χ0v) is 15.5. The fourth-order valence-corrected chi connectivity index (χ4v) is 4.86. The summed E-state index contributed by atoms with van der Waals surface area (Å²) >= 11 is 1.61. The van der Waals surface area contributed by atoms with E-state index >= 15 is 0 Å². The summed E-state index contributed by atoms with van der Waals surface area (Å²) in [5.74, 6) is -0.244. The van der Waals surface area contributed by atoms with Gasteiger partial charge in [-0.15, -0.1) is 11.3 Å². The van der Waals surface area contributed by atoms with Crippen molar-refractivity contribution in [3.05, 3.63) is 57.9 Å². The Morgan fingerprint density at radius 1 is 1.25 bits per heavy atom. The van der Waals surface area contributed by atoms with Gasteiger partial charge in [0.05, 0.1) is 0 Å². The maximum atomic E-state index is 13.2. The van der Waals surface area contributed by atoms with Crippen molar-refractivity contribution in [1.82, 2.24) is 20.4 Å². The van der Waals surface area contributed by atoms with Crippen LogP contribution in [0, 0.1) is 5.82 Å². The van der Waals surface area contributed by atoms with Crippen LogP contribution >= 0.6 is 11.3 Å². The molecule has 0 radical (unpaired) electrons. The van der Waals surface area contributed by atoms with E-state index in [2.05, 4.69) is 15.5 Å². The van der Waals surface area contributed by atoms with E-state index in [0.717, 1.165) is 28.2 Å². The summed E-state index contributed by atoms with van der Waals surface area (Å²) in [6.45, 7) is -0.111. The van der Waals surface area contributed by atoms with Crippen molar-refractivity contribution in [2.75, 3.05) is 0 Å². The van der Waals surface area contributed by atoms with Crippen LogP contribution in [0.15, 0.2) is 40.2 Å². The predicted octanol–water partition coefficient (Wildman–Crippen LogP) is 3.22. The Morgan fingerprint density at radius 2 is 2.07 bits per heavy atom. The van der Waals surface area contributed by atoms with E-state index in [1.807, 2.05) is 11.4 Å². The van der Waals surface area contributed by atoms with Crippen LogP contribution in [0.5, 0.6) is 0 Å². The Morgan fingerprint density at radius 3 is 2.89 bits per heavy atom.